The molecule has 3 rings (SSSR count). The molecule has 1 heterocycles. The number of amides is 1. The summed E-state index contributed by atoms with van der Waals surface area (Å²) in [6.45, 7) is 0. The first kappa shape index (κ1) is 15.9. The van der Waals surface area contributed by atoms with Gasteiger partial charge in [0.2, 0.25) is 0 Å². The standard InChI is InChI=1S/C17H13ClN2OS2/c1-20(11-7-3-2-4-8-11)17(22)19-16(21)15-14(18)12-9-5-6-10-13(12)23-15/h2-10H,1H3,(H,19,21,22). The van der Waals surface area contributed by atoms with E-state index in [1.54, 1.807) is 4.90 Å². The van der Waals surface area contributed by atoms with Gasteiger partial charge in [-0.05, 0) is 30.4 Å². The van der Waals surface area contributed by atoms with E-state index in [-0.39, 0.29) is 5.91 Å². The molecule has 0 saturated carbocycles. The van der Waals surface area contributed by atoms with Gasteiger partial charge in [0.25, 0.3) is 5.91 Å². The second-order valence-corrected chi connectivity index (χ2v) is 6.71. The topological polar surface area (TPSA) is 32.3 Å². The van der Waals surface area contributed by atoms with Crippen LogP contribution in [0.1, 0.15) is 9.67 Å². The summed E-state index contributed by atoms with van der Waals surface area (Å²) in [5.41, 5.74) is 0.903. The summed E-state index contributed by atoms with van der Waals surface area (Å²) in [5.74, 6) is -0.288. The van der Waals surface area contributed by atoms with Crippen LogP contribution in [-0.2, 0) is 0 Å². The van der Waals surface area contributed by atoms with Gasteiger partial charge in [0, 0.05) is 22.8 Å². The summed E-state index contributed by atoms with van der Waals surface area (Å²) in [4.78, 5) is 14.7. The zero-order valence-electron chi connectivity index (χ0n) is 12.2. The van der Waals surface area contributed by atoms with Crippen LogP contribution in [-0.4, -0.2) is 18.1 Å². The molecule has 0 radical (unpaired) electrons. The van der Waals surface area contributed by atoms with Crippen LogP contribution in [0.15, 0.2) is 54.6 Å². The second kappa shape index (κ2) is 6.66. The molecule has 23 heavy (non-hydrogen) atoms. The summed E-state index contributed by atoms with van der Waals surface area (Å²) in [7, 11) is 1.81. The first-order valence-corrected chi connectivity index (χ1v) is 8.49. The van der Waals surface area contributed by atoms with Gasteiger partial charge in [-0.1, -0.05) is 48.0 Å². The minimum atomic E-state index is -0.288. The van der Waals surface area contributed by atoms with Crippen molar-refractivity contribution in [2.45, 2.75) is 0 Å². The molecule has 2 aromatic carbocycles. The SMILES string of the molecule is CN(C(=S)NC(=O)c1sc2ccccc2c1Cl)c1ccccc1. The van der Waals surface area contributed by atoms with Gasteiger partial charge in [-0.25, -0.2) is 0 Å². The molecule has 0 spiro atoms. The molecule has 6 heteroatoms. The predicted octanol–water partition coefficient (Wildman–Crippen LogP) is 4.71. The molecule has 0 atom stereocenters. The van der Waals surface area contributed by atoms with Crippen LogP contribution >= 0.6 is 35.2 Å². The average Bonchev–Trinajstić information content (AvgIpc) is 2.92. The van der Waals surface area contributed by atoms with Crippen molar-refractivity contribution in [3.05, 3.63) is 64.5 Å². The van der Waals surface area contributed by atoms with Gasteiger partial charge in [-0.3, -0.25) is 10.1 Å². The minimum absolute atomic E-state index is 0.288. The van der Waals surface area contributed by atoms with Gasteiger partial charge in [0.05, 0.1) is 5.02 Å². The Kier molecular flexibility index (Phi) is 4.61. The molecule has 0 aliphatic heterocycles. The highest BCUT2D eigenvalue weighted by molar-refractivity contribution is 7.80. The molecule has 0 saturated heterocycles. The van der Waals surface area contributed by atoms with Gasteiger partial charge in [-0.2, -0.15) is 0 Å². The van der Waals surface area contributed by atoms with E-state index in [1.165, 1.54) is 11.3 Å². The number of thiophene rings is 1. The van der Waals surface area contributed by atoms with Crippen LogP contribution in [0.4, 0.5) is 5.69 Å². The van der Waals surface area contributed by atoms with Gasteiger partial charge in [0.15, 0.2) is 5.11 Å². The third-order valence-electron chi connectivity index (χ3n) is 3.41. The van der Waals surface area contributed by atoms with Crippen LogP contribution < -0.4 is 10.2 Å². The van der Waals surface area contributed by atoms with E-state index < -0.39 is 0 Å². The first-order chi connectivity index (χ1) is 11.1. The van der Waals surface area contributed by atoms with Gasteiger partial charge in [0.1, 0.15) is 4.88 Å². The molecule has 1 aromatic heterocycles. The van der Waals surface area contributed by atoms with Crippen molar-refractivity contribution < 1.29 is 4.79 Å². The Morgan fingerprint density at radius 3 is 2.48 bits per heavy atom. The zero-order valence-corrected chi connectivity index (χ0v) is 14.6. The number of para-hydroxylation sites is 1. The lowest BCUT2D eigenvalue weighted by Gasteiger charge is -2.20. The highest BCUT2D eigenvalue weighted by Gasteiger charge is 2.19. The molecule has 3 aromatic rings. The second-order valence-electron chi connectivity index (χ2n) is 4.90. The van der Waals surface area contributed by atoms with Crippen LogP contribution in [0.25, 0.3) is 10.1 Å². The maximum Gasteiger partial charge on any atom is 0.269 e. The fourth-order valence-corrected chi connectivity index (χ4v) is 3.78. The lowest BCUT2D eigenvalue weighted by molar-refractivity contribution is 0.0981. The molecule has 0 aliphatic carbocycles. The molecule has 0 aliphatic rings. The first-order valence-electron chi connectivity index (χ1n) is 6.89. The molecule has 0 fully saturated rings. The molecular weight excluding hydrogens is 348 g/mol. The van der Waals surface area contributed by atoms with Gasteiger partial charge in [-0.15, -0.1) is 11.3 Å². The third kappa shape index (κ3) is 3.22. The number of rotatable bonds is 2. The molecule has 3 nitrogen and oxygen atoms in total. The van der Waals surface area contributed by atoms with E-state index in [0.29, 0.717) is 15.0 Å². The van der Waals surface area contributed by atoms with E-state index in [2.05, 4.69) is 5.32 Å². The molecule has 0 unspecified atom stereocenters. The number of carbonyl (C=O) groups excluding carboxylic acids is 1. The highest BCUT2D eigenvalue weighted by atomic mass is 35.5. The summed E-state index contributed by atoms with van der Waals surface area (Å²) in [5, 5.41) is 4.42. The summed E-state index contributed by atoms with van der Waals surface area (Å²) in [6.07, 6.45) is 0. The Hall–Kier alpha value is -1.95. The third-order valence-corrected chi connectivity index (χ3v) is 5.46. The van der Waals surface area contributed by atoms with Crippen molar-refractivity contribution >= 4 is 61.9 Å². The van der Waals surface area contributed by atoms with Crippen LogP contribution in [0.3, 0.4) is 0 Å². The van der Waals surface area contributed by atoms with Crippen molar-refractivity contribution in [3.63, 3.8) is 0 Å². The number of anilines is 1. The maximum atomic E-state index is 12.5. The highest BCUT2D eigenvalue weighted by Crippen LogP contribution is 2.35. The van der Waals surface area contributed by atoms with Crippen molar-refractivity contribution in [3.8, 4) is 0 Å². The van der Waals surface area contributed by atoms with Crippen LogP contribution in [0.2, 0.25) is 5.02 Å². The number of carbonyl (C=O) groups is 1. The normalized spacial score (nSPS) is 10.5. The molecule has 1 N–H and O–H groups in total. The summed E-state index contributed by atoms with van der Waals surface area (Å²) < 4.78 is 0.977. The van der Waals surface area contributed by atoms with Crippen LogP contribution in [0, 0.1) is 0 Å². The van der Waals surface area contributed by atoms with Crippen LogP contribution in [0.5, 0.6) is 0 Å². The number of fused-ring (bicyclic) bond motifs is 1. The summed E-state index contributed by atoms with van der Waals surface area (Å²) in [6, 6.07) is 17.3. The number of halogens is 1. The fourth-order valence-electron chi connectivity index (χ4n) is 2.17. The minimum Gasteiger partial charge on any atom is -0.322 e. The lowest BCUT2D eigenvalue weighted by Crippen LogP contribution is -2.40. The zero-order chi connectivity index (χ0) is 16.4. The molecule has 116 valence electrons. The van der Waals surface area contributed by atoms with Crippen molar-refractivity contribution in [2.24, 2.45) is 0 Å². The van der Waals surface area contributed by atoms with Crippen molar-refractivity contribution in [1.82, 2.24) is 5.32 Å². The van der Waals surface area contributed by atoms with E-state index >= 15 is 0 Å². The molecule has 1 amide bonds. The number of hydrogen-bond acceptors (Lipinski definition) is 3. The number of hydrogen-bond donors (Lipinski definition) is 1. The average molecular weight is 361 g/mol. The number of thiocarbonyl (C=S) groups is 1. The van der Waals surface area contributed by atoms with E-state index in [1.807, 2.05) is 61.6 Å². The number of benzene rings is 2. The Morgan fingerprint density at radius 2 is 1.78 bits per heavy atom. The smallest absolute Gasteiger partial charge is 0.269 e. The Bertz CT molecular complexity index is 877. The van der Waals surface area contributed by atoms with Gasteiger partial charge < -0.3 is 4.90 Å². The predicted molar refractivity (Wildman–Crippen MR) is 102 cm³/mol. The lowest BCUT2D eigenvalue weighted by atomic mass is 10.2. The number of nitrogens with one attached hydrogen (secondary N) is 1. The van der Waals surface area contributed by atoms with E-state index in [4.69, 9.17) is 23.8 Å². The molecular formula is C17H13ClN2OS2. The van der Waals surface area contributed by atoms with Gasteiger partial charge >= 0.3 is 0 Å². The maximum absolute atomic E-state index is 12.5. The Balaban J connectivity index is 1.80. The summed E-state index contributed by atoms with van der Waals surface area (Å²) >= 11 is 13.0. The van der Waals surface area contributed by atoms with Crippen molar-refractivity contribution in [2.75, 3.05) is 11.9 Å². The quantitative estimate of drug-likeness (QED) is 0.672. The molecule has 0 bridgehead atoms. The number of nitrogens with zero attached hydrogens (tertiary/aromatic N) is 1. The Morgan fingerprint density at radius 1 is 1.13 bits per heavy atom. The Labute approximate surface area is 148 Å². The van der Waals surface area contributed by atoms with E-state index in [9.17, 15) is 4.79 Å². The van der Waals surface area contributed by atoms with E-state index in [0.717, 1.165) is 15.8 Å². The monoisotopic (exact) mass is 360 g/mol. The largest absolute Gasteiger partial charge is 0.322 e. The van der Waals surface area contributed by atoms with Crippen molar-refractivity contribution in [1.29, 1.82) is 0 Å². The fraction of sp³-hybridized carbons (Fsp3) is 0.0588.